The second kappa shape index (κ2) is 7.49. The Bertz CT molecular complexity index is 994. The van der Waals surface area contributed by atoms with E-state index in [9.17, 15) is 23.9 Å². The highest BCUT2D eigenvalue weighted by Gasteiger charge is 2.25. The average molecular weight is 390 g/mol. The van der Waals surface area contributed by atoms with Crippen LogP contribution in [0.15, 0.2) is 23.1 Å². The van der Waals surface area contributed by atoms with Crippen LogP contribution in [0.2, 0.25) is 0 Å². The Balaban J connectivity index is 1.99. The number of rotatable bonds is 3. The Morgan fingerprint density at radius 2 is 1.82 bits per heavy atom. The second-order valence-corrected chi connectivity index (χ2v) is 6.93. The van der Waals surface area contributed by atoms with E-state index in [4.69, 9.17) is 0 Å². The third-order valence-corrected chi connectivity index (χ3v) is 4.99. The van der Waals surface area contributed by atoms with Crippen LogP contribution >= 0.6 is 0 Å². The van der Waals surface area contributed by atoms with Gasteiger partial charge in [-0.3, -0.25) is 4.79 Å². The van der Waals surface area contributed by atoms with E-state index in [2.05, 4.69) is 0 Å². The van der Waals surface area contributed by atoms with Gasteiger partial charge in [0.25, 0.3) is 0 Å². The summed E-state index contributed by atoms with van der Waals surface area (Å²) in [5, 5.41) is 9.28. The van der Waals surface area contributed by atoms with E-state index in [1.165, 1.54) is 11.1 Å². The number of carbonyl (C=O) groups is 2. The third-order valence-electron chi connectivity index (χ3n) is 4.99. The number of nitrogens with zero attached hydrogens (tertiary/aromatic N) is 4. The van der Waals surface area contributed by atoms with Crippen LogP contribution < -0.4 is 10.3 Å². The second-order valence-electron chi connectivity index (χ2n) is 6.93. The van der Waals surface area contributed by atoms with Crippen LogP contribution in [-0.2, 0) is 6.54 Å². The summed E-state index contributed by atoms with van der Waals surface area (Å²) >= 11 is 0. The number of pyridine rings is 1. The van der Waals surface area contributed by atoms with Gasteiger partial charge in [-0.2, -0.15) is 0 Å². The number of benzene rings is 1. The van der Waals surface area contributed by atoms with Crippen LogP contribution in [0.4, 0.5) is 14.9 Å². The summed E-state index contributed by atoms with van der Waals surface area (Å²) in [7, 11) is 3.38. The first-order valence-corrected chi connectivity index (χ1v) is 9.05. The van der Waals surface area contributed by atoms with E-state index in [1.807, 2.05) is 11.8 Å². The van der Waals surface area contributed by atoms with Gasteiger partial charge in [-0.25, -0.2) is 14.0 Å². The van der Waals surface area contributed by atoms with Gasteiger partial charge in [0.1, 0.15) is 11.4 Å². The number of anilines is 1. The number of amides is 2. The molecule has 2 aromatic rings. The van der Waals surface area contributed by atoms with Crippen molar-refractivity contribution < 1.29 is 19.1 Å². The molecule has 1 fully saturated rings. The van der Waals surface area contributed by atoms with Crippen molar-refractivity contribution in [2.75, 3.05) is 45.2 Å². The number of fused-ring (bicyclic) bond motifs is 1. The van der Waals surface area contributed by atoms with E-state index in [-0.39, 0.29) is 17.0 Å². The number of aromatic carboxylic acids is 1. The predicted octanol–water partition coefficient (Wildman–Crippen LogP) is 1.66. The molecule has 1 aliphatic rings. The number of aromatic nitrogens is 1. The number of hydrogen-bond donors (Lipinski definition) is 1. The number of carboxylic acid groups (broad SMARTS) is 1. The fourth-order valence-corrected chi connectivity index (χ4v) is 3.48. The minimum atomic E-state index is -1.33. The molecule has 0 saturated carbocycles. The van der Waals surface area contributed by atoms with Crippen LogP contribution in [0, 0.1) is 5.82 Å². The Kier molecular flexibility index (Phi) is 5.26. The topological polar surface area (TPSA) is 86.1 Å². The molecule has 0 aliphatic carbocycles. The van der Waals surface area contributed by atoms with Crippen LogP contribution in [0.1, 0.15) is 17.3 Å². The van der Waals surface area contributed by atoms with Gasteiger partial charge in [0.05, 0.1) is 11.2 Å². The number of aryl methyl sites for hydroxylation is 1. The summed E-state index contributed by atoms with van der Waals surface area (Å²) in [6, 6.07) is 2.62. The summed E-state index contributed by atoms with van der Waals surface area (Å²) in [5.74, 6) is -1.91. The number of carbonyl (C=O) groups excluding carboxylic acids is 1. The number of halogens is 1. The summed E-state index contributed by atoms with van der Waals surface area (Å²) in [6.07, 6.45) is 1.29. The van der Waals surface area contributed by atoms with Crippen LogP contribution in [-0.4, -0.2) is 71.7 Å². The Morgan fingerprint density at radius 3 is 2.36 bits per heavy atom. The molecule has 0 bridgehead atoms. The lowest BCUT2D eigenvalue weighted by molar-refractivity contribution is 0.0694. The van der Waals surface area contributed by atoms with E-state index in [1.54, 1.807) is 29.6 Å². The molecular weight excluding hydrogens is 367 g/mol. The lowest BCUT2D eigenvalue weighted by Crippen LogP contribution is -2.51. The Labute approximate surface area is 161 Å². The van der Waals surface area contributed by atoms with Crippen molar-refractivity contribution in [1.29, 1.82) is 0 Å². The van der Waals surface area contributed by atoms with Gasteiger partial charge < -0.3 is 24.4 Å². The molecule has 0 spiro atoms. The van der Waals surface area contributed by atoms with E-state index < -0.39 is 17.2 Å². The van der Waals surface area contributed by atoms with Gasteiger partial charge in [0.15, 0.2) is 0 Å². The van der Waals surface area contributed by atoms with Crippen LogP contribution in [0.25, 0.3) is 10.9 Å². The van der Waals surface area contributed by atoms with Gasteiger partial charge in [-0.1, -0.05) is 0 Å². The first kappa shape index (κ1) is 19.7. The molecule has 150 valence electrons. The minimum Gasteiger partial charge on any atom is -0.477 e. The van der Waals surface area contributed by atoms with E-state index in [0.717, 1.165) is 6.07 Å². The molecule has 2 heterocycles. The fourth-order valence-electron chi connectivity index (χ4n) is 3.48. The first-order chi connectivity index (χ1) is 13.2. The fraction of sp³-hybridized carbons (Fsp3) is 0.421. The zero-order valence-corrected chi connectivity index (χ0v) is 16.1. The Morgan fingerprint density at radius 1 is 1.18 bits per heavy atom. The highest BCUT2D eigenvalue weighted by molar-refractivity contribution is 5.93. The molecule has 1 aliphatic heterocycles. The predicted molar refractivity (Wildman–Crippen MR) is 104 cm³/mol. The van der Waals surface area contributed by atoms with Gasteiger partial charge in [-0.15, -0.1) is 0 Å². The van der Waals surface area contributed by atoms with Crippen molar-refractivity contribution in [2.24, 2.45) is 0 Å². The molecule has 1 aromatic heterocycles. The van der Waals surface area contributed by atoms with Crippen molar-refractivity contribution in [3.8, 4) is 0 Å². The summed E-state index contributed by atoms with van der Waals surface area (Å²) < 4.78 is 16.4. The maximum absolute atomic E-state index is 14.8. The monoisotopic (exact) mass is 390 g/mol. The number of hydrogen-bond acceptors (Lipinski definition) is 4. The number of piperazine rings is 1. The van der Waals surface area contributed by atoms with Crippen LogP contribution in [0.5, 0.6) is 0 Å². The summed E-state index contributed by atoms with van der Waals surface area (Å²) in [6.45, 7) is 4.12. The molecule has 1 N–H and O–H groups in total. The zero-order chi connectivity index (χ0) is 20.6. The molecule has 0 radical (unpaired) electrons. The first-order valence-electron chi connectivity index (χ1n) is 9.05. The van der Waals surface area contributed by atoms with E-state index in [0.29, 0.717) is 43.9 Å². The largest absolute Gasteiger partial charge is 0.477 e. The van der Waals surface area contributed by atoms with Crippen molar-refractivity contribution in [1.82, 2.24) is 14.4 Å². The lowest BCUT2D eigenvalue weighted by Gasteiger charge is -2.37. The third kappa shape index (κ3) is 3.39. The summed E-state index contributed by atoms with van der Waals surface area (Å²) in [5.41, 5.74) is -0.244. The van der Waals surface area contributed by atoms with Gasteiger partial charge in [-0.05, 0) is 19.1 Å². The summed E-state index contributed by atoms with van der Waals surface area (Å²) in [4.78, 5) is 40.9. The van der Waals surface area contributed by atoms with Crippen molar-refractivity contribution in [3.63, 3.8) is 0 Å². The molecule has 0 atom stereocenters. The average Bonchev–Trinajstić information content (AvgIpc) is 2.67. The maximum atomic E-state index is 14.8. The molecule has 1 saturated heterocycles. The van der Waals surface area contributed by atoms with E-state index >= 15 is 0 Å². The molecule has 9 heteroatoms. The smallest absolute Gasteiger partial charge is 0.341 e. The molecule has 2 amide bonds. The SMILES string of the molecule is CCn1cc(C(=O)O)c(=O)c2cc(F)c(N3CCN(C(=O)N(C)C)CC3)cc21. The van der Waals surface area contributed by atoms with Gasteiger partial charge >= 0.3 is 12.0 Å². The van der Waals surface area contributed by atoms with Gasteiger partial charge in [0, 0.05) is 58.4 Å². The molecule has 8 nitrogen and oxygen atoms in total. The Hall–Kier alpha value is -3.10. The highest BCUT2D eigenvalue weighted by atomic mass is 19.1. The standard InChI is InChI=1S/C19H23FN4O4/c1-4-22-11-13(18(26)27)17(25)12-9-14(20)16(10-15(12)22)23-5-7-24(8-6-23)19(28)21(2)3/h9-11H,4-8H2,1-3H3,(H,26,27). The van der Waals surface area contributed by atoms with Crippen LogP contribution in [0.3, 0.4) is 0 Å². The molecule has 28 heavy (non-hydrogen) atoms. The molecule has 1 aromatic carbocycles. The number of urea groups is 1. The molecule has 0 unspecified atom stereocenters. The lowest BCUT2D eigenvalue weighted by atomic mass is 10.1. The van der Waals surface area contributed by atoms with Crippen molar-refractivity contribution in [3.05, 3.63) is 39.9 Å². The highest BCUT2D eigenvalue weighted by Crippen LogP contribution is 2.26. The maximum Gasteiger partial charge on any atom is 0.341 e. The zero-order valence-electron chi connectivity index (χ0n) is 16.1. The minimum absolute atomic E-state index is 0.0458. The quantitative estimate of drug-likeness (QED) is 0.862. The molecular formula is C19H23FN4O4. The van der Waals surface area contributed by atoms with Crippen molar-refractivity contribution >= 4 is 28.6 Å². The van der Waals surface area contributed by atoms with Crippen molar-refractivity contribution in [2.45, 2.75) is 13.5 Å². The van der Waals surface area contributed by atoms with Gasteiger partial charge in [0.2, 0.25) is 5.43 Å². The number of carboxylic acids is 1. The molecule has 3 rings (SSSR count). The normalized spacial score (nSPS) is 14.4.